The van der Waals surface area contributed by atoms with Gasteiger partial charge in [0.05, 0.1) is 4.90 Å². The Morgan fingerprint density at radius 2 is 1.44 bits per heavy atom. The van der Waals surface area contributed by atoms with Crippen LogP contribution in [0.1, 0.15) is 5.89 Å². The Morgan fingerprint density at radius 3 is 2.03 bits per heavy atom. The number of alkyl halides is 3. The molecule has 1 saturated heterocycles. The molecule has 0 N–H and O–H groups in total. The molecule has 0 aliphatic carbocycles. The average molecular weight is 516 g/mol. The molecule has 1 aliphatic heterocycles. The van der Waals surface area contributed by atoms with E-state index in [1.54, 1.807) is 36.4 Å². The Morgan fingerprint density at radius 1 is 0.806 bits per heavy atom. The fourth-order valence-electron chi connectivity index (χ4n) is 3.92. The zero-order chi connectivity index (χ0) is 25.3. The number of piperazine rings is 1. The van der Waals surface area contributed by atoms with E-state index in [4.69, 9.17) is 0 Å². The number of benzene rings is 2. The van der Waals surface area contributed by atoms with Gasteiger partial charge in [-0.25, -0.2) is 13.4 Å². The van der Waals surface area contributed by atoms with Crippen LogP contribution >= 0.6 is 0 Å². The van der Waals surface area contributed by atoms with Crippen LogP contribution in [0.15, 0.2) is 82.3 Å². The average Bonchev–Trinajstić information content (AvgIpc) is 3.41. The van der Waals surface area contributed by atoms with E-state index >= 15 is 0 Å². The quantitative estimate of drug-likeness (QED) is 0.391. The minimum absolute atomic E-state index is 0.212. The summed E-state index contributed by atoms with van der Waals surface area (Å²) in [6.07, 6.45) is -3.36. The molecule has 2 aromatic carbocycles. The SMILES string of the molecule is O=S(=O)(c1ccc(-c2ccccc2)cc1)N1CCN(c2ccc(-c3noc(C(F)(F)F)n3)cn2)CC1. The van der Waals surface area contributed by atoms with Crippen LogP contribution in [0, 0.1) is 0 Å². The molecule has 0 unspecified atom stereocenters. The summed E-state index contributed by atoms with van der Waals surface area (Å²) in [5.74, 6) is -1.06. The maximum Gasteiger partial charge on any atom is 0.471 e. The molecule has 5 rings (SSSR count). The number of sulfonamides is 1. The third-order valence-corrected chi connectivity index (χ3v) is 7.75. The first-order chi connectivity index (χ1) is 17.2. The standard InChI is InChI=1S/C24H20F3N5O3S/c25-24(26,27)23-29-22(30-35-23)19-8-11-21(28-16-19)31-12-14-32(15-13-31)36(33,34)20-9-6-18(7-10-20)17-4-2-1-3-5-17/h1-11,16H,12-15H2. The van der Waals surface area contributed by atoms with Crippen molar-refractivity contribution in [2.75, 3.05) is 31.1 Å². The minimum atomic E-state index is -4.72. The smallest absolute Gasteiger partial charge is 0.354 e. The van der Waals surface area contributed by atoms with Crippen LogP contribution in [0.5, 0.6) is 0 Å². The highest BCUT2D eigenvalue weighted by Gasteiger charge is 2.38. The number of rotatable bonds is 5. The number of nitrogens with zero attached hydrogens (tertiary/aromatic N) is 5. The Labute approximate surface area is 205 Å². The van der Waals surface area contributed by atoms with Crippen LogP contribution in [-0.4, -0.2) is 54.0 Å². The maximum atomic E-state index is 13.1. The van der Waals surface area contributed by atoms with Gasteiger partial charge < -0.3 is 9.42 Å². The highest BCUT2D eigenvalue weighted by atomic mass is 32.2. The molecular formula is C24H20F3N5O3S. The number of hydrogen-bond donors (Lipinski definition) is 0. The summed E-state index contributed by atoms with van der Waals surface area (Å²) in [5, 5.41) is 3.35. The van der Waals surface area contributed by atoms with Gasteiger partial charge in [0.25, 0.3) is 0 Å². The fourth-order valence-corrected chi connectivity index (χ4v) is 5.34. The predicted octanol–water partition coefficient (Wildman–Crippen LogP) is 4.33. The van der Waals surface area contributed by atoms with Crippen LogP contribution in [0.4, 0.5) is 19.0 Å². The number of aromatic nitrogens is 3. The molecule has 0 saturated carbocycles. The Hall–Kier alpha value is -3.77. The van der Waals surface area contributed by atoms with E-state index in [2.05, 4.69) is 19.6 Å². The fraction of sp³-hybridized carbons (Fsp3) is 0.208. The molecule has 0 spiro atoms. The van der Waals surface area contributed by atoms with Crippen LogP contribution in [0.2, 0.25) is 0 Å². The van der Waals surface area contributed by atoms with Gasteiger partial charge in [0, 0.05) is 37.9 Å². The predicted molar refractivity (Wildman–Crippen MR) is 125 cm³/mol. The van der Waals surface area contributed by atoms with Gasteiger partial charge in [-0.3, -0.25) is 0 Å². The molecule has 0 amide bonds. The van der Waals surface area contributed by atoms with Gasteiger partial charge in [0.2, 0.25) is 15.8 Å². The van der Waals surface area contributed by atoms with Crippen molar-refractivity contribution in [3.63, 3.8) is 0 Å². The van der Waals surface area contributed by atoms with Crippen molar-refractivity contribution in [2.45, 2.75) is 11.1 Å². The summed E-state index contributed by atoms with van der Waals surface area (Å²) in [6, 6.07) is 19.7. The Kier molecular flexibility index (Phi) is 6.22. The summed E-state index contributed by atoms with van der Waals surface area (Å²) in [5.41, 5.74) is 2.22. The summed E-state index contributed by atoms with van der Waals surface area (Å²) in [7, 11) is -3.65. The number of halogens is 3. The van der Waals surface area contributed by atoms with Crippen LogP contribution < -0.4 is 4.90 Å². The van der Waals surface area contributed by atoms with E-state index < -0.39 is 22.1 Å². The van der Waals surface area contributed by atoms with Gasteiger partial charge >= 0.3 is 12.1 Å². The Balaban J connectivity index is 1.23. The second-order valence-corrected chi connectivity index (χ2v) is 10.0. The molecule has 1 fully saturated rings. The third-order valence-electron chi connectivity index (χ3n) is 5.84. The zero-order valence-electron chi connectivity index (χ0n) is 18.8. The first kappa shape index (κ1) is 23.9. The molecule has 0 atom stereocenters. The van der Waals surface area contributed by atoms with Crippen LogP contribution in [0.3, 0.4) is 0 Å². The maximum absolute atomic E-state index is 13.1. The number of pyridine rings is 1. The normalized spacial score (nSPS) is 15.2. The van der Waals surface area contributed by atoms with Crippen molar-refractivity contribution < 1.29 is 26.1 Å². The molecule has 0 bridgehead atoms. The van der Waals surface area contributed by atoms with Gasteiger partial charge in [-0.15, -0.1) is 0 Å². The van der Waals surface area contributed by atoms with Crippen molar-refractivity contribution in [3.05, 3.63) is 78.8 Å². The summed E-state index contributed by atoms with van der Waals surface area (Å²) in [6.45, 7) is 1.36. The van der Waals surface area contributed by atoms with Gasteiger partial charge in [0.1, 0.15) is 5.82 Å². The second kappa shape index (κ2) is 9.36. The van der Waals surface area contributed by atoms with Crippen molar-refractivity contribution in [1.29, 1.82) is 0 Å². The van der Waals surface area contributed by atoms with Crippen LogP contribution in [0.25, 0.3) is 22.5 Å². The molecule has 1 aliphatic rings. The summed E-state index contributed by atoms with van der Waals surface area (Å²) in [4.78, 5) is 9.78. The van der Waals surface area contributed by atoms with E-state index in [0.717, 1.165) is 11.1 Å². The lowest BCUT2D eigenvalue weighted by atomic mass is 10.1. The van der Waals surface area contributed by atoms with E-state index in [-0.39, 0.29) is 29.4 Å². The lowest BCUT2D eigenvalue weighted by Crippen LogP contribution is -2.48. The zero-order valence-corrected chi connectivity index (χ0v) is 19.6. The monoisotopic (exact) mass is 515 g/mol. The van der Waals surface area contributed by atoms with Gasteiger partial charge in [-0.2, -0.15) is 22.5 Å². The van der Waals surface area contributed by atoms with E-state index in [9.17, 15) is 21.6 Å². The summed E-state index contributed by atoms with van der Waals surface area (Å²) < 4.78 is 70.0. The lowest BCUT2D eigenvalue weighted by molar-refractivity contribution is -0.159. The number of hydrogen-bond acceptors (Lipinski definition) is 7. The molecule has 4 aromatic rings. The molecule has 0 radical (unpaired) electrons. The van der Waals surface area contributed by atoms with Crippen molar-refractivity contribution in [2.24, 2.45) is 0 Å². The molecule has 186 valence electrons. The molecule has 2 aromatic heterocycles. The highest BCUT2D eigenvalue weighted by Crippen LogP contribution is 2.30. The third kappa shape index (κ3) is 4.82. The first-order valence-electron chi connectivity index (χ1n) is 11.0. The largest absolute Gasteiger partial charge is 0.471 e. The summed E-state index contributed by atoms with van der Waals surface area (Å²) >= 11 is 0. The van der Waals surface area contributed by atoms with Gasteiger partial charge in [-0.1, -0.05) is 47.6 Å². The van der Waals surface area contributed by atoms with E-state index in [1.807, 2.05) is 35.2 Å². The minimum Gasteiger partial charge on any atom is -0.354 e. The van der Waals surface area contributed by atoms with Crippen LogP contribution in [-0.2, 0) is 16.2 Å². The highest BCUT2D eigenvalue weighted by molar-refractivity contribution is 7.89. The topological polar surface area (TPSA) is 92.4 Å². The van der Waals surface area contributed by atoms with Crippen molar-refractivity contribution in [3.8, 4) is 22.5 Å². The van der Waals surface area contributed by atoms with E-state index in [0.29, 0.717) is 18.9 Å². The molecule has 12 heteroatoms. The first-order valence-corrected chi connectivity index (χ1v) is 12.4. The molecule has 3 heterocycles. The lowest BCUT2D eigenvalue weighted by Gasteiger charge is -2.34. The van der Waals surface area contributed by atoms with E-state index in [1.165, 1.54) is 10.5 Å². The van der Waals surface area contributed by atoms with Gasteiger partial charge in [0.15, 0.2) is 0 Å². The van der Waals surface area contributed by atoms with Gasteiger partial charge in [-0.05, 0) is 35.4 Å². The van der Waals surface area contributed by atoms with Crippen molar-refractivity contribution >= 4 is 15.8 Å². The Bertz CT molecular complexity index is 1430. The number of anilines is 1. The molecule has 8 nitrogen and oxygen atoms in total. The second-order valence-electron chi connectivity index (χ2n) is 8.11. The molecule has 36 heavy (non-hydrogen) atoms. The van der Waals surface area contributed by atoms with Crippen molar-refractivity contribution in [1.82, 2.24) is 19.4 Å². The molecular weight excluding hydrogens is 495 g/mol.